The van der Waals surface area contributed by atoms with Crippen LogP contribution in [-0.2, 0) is 4.79 Å². The Morgan fingerprint density at radius 1 is 0.958 bits per heavy atom. The third-order valence-corrected chi connectivity index (χ3v) is 5.48. The van der Waals surface area contributed by atoms with Crippen molar-refractivity contribution in [2.24, 2.45) is 0 Å². The lowest BCUT2D eigenvalue weighted by Gasteiger charge is -2.41. The van der Waals surface area contributed by atoms with Crippen molar-refractivity contribution < 1.29 is 4.79 Å². The van der Waals surface area contributed by atoms with Crippen LogP contribution in [0.15, 0.2) is 24.3 Å². The van der Waals surface area contributed by atoms with Gasteiger partial charge in [-0.2, -0.15) is 0 Å². The van der Waals surface area contributed by atoms with Gasteiger partial charge in [0.25, 0.3) is 0 Å². The van der Waals surface area contributed by atoms with Crippen molar-refractivity contribution in [1.29, 1.82) is 0 Å². The van der Waals surface area contributed by atoms with E-state index in [0.29, 0.717) is 0 Å². The van der Waals surface area contributed by atoms with Crippen molar-refractivity contribution in [3.05, 3.63) is 29.3 Å². The number of hydrogen-bond donors (Lipinski definition) is 0. The largest absolute Gasteiger partial charge is 0.369 e. The molecule has 1 aromatic rings. The topological polar surface area (TPSA) is 30.0 Å². The van der Waals surface area contributed by atoms with Crippen LogP contribution in [0.5, 0.6) is 0 Å². The molecular weight excluding hydrogens is 324 g/mol. The molecule has 1 aromatic carbocycles. The van der Waals surface area contributed by atoms with Gasteiger partial charge in [-0.25, -0.2) is 0 Å². The van der Waals surface area contributed by atoms with Crippen LogP contribution in [0.3, 0.4) is 0 Å². The van der Waals surface area contributed by atoms with E-state index in [4.69, 9.17) is 11.6 Å². The Morgan fingerprint density at radius 2 is 1.54 bits per heavy atom. The van der Waals surface area contributed by atoms with E-state index in [1.807, 2.05) is 17.0 Å². The molecule has 0 saturated carbocycles. The fraction of sp³-hybridized carbons (Fsp3) is 0.611. The maximum atomic E-state index is 12.7. The second kappa shape index (κ2) is 7.72. The molecule has 2 aliphatic heterocycles. The Labute approximate surface area is 149 Å². The number of hydrogen-bond acceptors (Lipinski definition) is 4. The van der Waals surface area contributed by atoms with Gasteiger partial charge in [-0.3, -0.25) is 9.69 Å². The molecule has 1 amide bonds. The van der Waals surface area contributed by atoms with Crippen molar-refractivity contribution in [1.82, 2.24) is 14.7 Å². The van der Waals surface area contributed by atoms with Gasteiger partial charge >= 0.3 is 0 Å². The van der Waals surface area contributed by atoms with Crippen LogP contribution >= 0.6 is 11.6 Å². The van der Waals surface area contributed by atoms with Crippen LogP contribution in [0.2, 0.25) is 5.02 Å². The highest BCUT2D eigenvalue weighted by Gasteiger charge is 2.29. The molecule has 0 aliphatic carbocycles. The summed E-state index contributed by atoms with van der Waals surface area (Å²) in [5, 5.41) is 0.767. The number of carbonyl (C=O) groups is 1. The summed E-state index contributed by atoms with van der Waals surface area (Å²) >= 11 is 5.96. The van der Waals surface area contributed by atoms with Gasteiger partial charge in [-0.1, -0.05) is 11.6 Å². The monoisotopic (exact) mass is 350 g/mol. The number of nitrogens with zero attached hydrogens (tertiary/aromatic N) is 4. The Balaban J connectivity index is 1.52. The van der Waals surface area contributed by atoms with E-state index >= 15 is 0 Å². The number of anilines is 1. The van der Waals surface area contributed by atoms with Gasteiger partial charge in [0, 0.05) is 63.1 Å². The van der Waals surface area contributed by atoms with E-state index in [9.17, 15) is 4.79 Å². The fourth-order valence-corrected chi connectivity index (χ4v) is 3.59. The van der Waals surface area contributed by atoms with Crippen molar-refractivity contribution in [2.75, 3.05) is 64.3 Å². The summed E-state index contributed by atoms with van der Waals surface area (Å²) in [7, 11) is 2.11. The van der Waals surface area contributed by atoms with Crippen molar-refractivity contribution in [3.8, 4) is 0 Å². The Morgan fingerprint density at radius 3 is 2.12 bits per heavy atom. The molecular formula is C18H27ClN4O. The van der Waals surface area contributed by atoms with E-state index in [2.05, 4.69) is 40.8 Å². The highest BCUT2D eigenvalue weighted by molar-refractivity contribution is 6.30. The predicted molar refractivity (Wildman–Crippen MR) is 98.8 cm³/mol. The summed E-state index contributed by atoms with van der Waals surface area (Å²) in [6.45, 7) is 9.44. The fourth-order valence-electron chi connectivity index (χ4n) is 3.47. The SMILES string of the molecule is C[C@H](C(=O)N1CCN(C)CC1)N1CCN(c2ccc(Cl)cc2)CC1. The van der Waals surface area contributed by atoms with Gasteiger partial charge < -0.3 is 14.7 Å². The average molecular weight is 351 g/mol. The smallest absolute Gasteiger partial charge is 0.239 e. The van der Waals surface area contributed by atoms with Gasteiger partial charge in [0.15, 0.2) is 0 Å². The normalized spacial score (nSPS) is 21.8. The molecule has 1 atom stereocenters. The molecule has 2 fully saturated rings. The lowest BCUT2D eigenvalue weighted by Crippen LogP contribution is -2.57. The van der Waals surface area contributed by atoms with Crippen LogP contribution in [-0.4, -0.2) is 86.1 Å². The summed E-state index contributed by atoms with van der Waals surface area (Å²) < 4.78 is 0. The van der Waals surface area contributed by atoms with Gasteiger partial charge in [0.1, 0.15) is 0 Å². The van der Waals surface area contributed by atoms with Gasteiger partial charge in [-0.15, -0.1) is 0 Å². The molecule has 132 valence electrons. The highest BCUT2D eigenvalue weighted by atomic mass is 35.5. The first kappa shape index (κ1) is 17.5. The van der Waals surface area contributed by atoms with Gasteiger partial charge in [0.2, 0.25) is 5.91 Å². The van der Waals surface area contributed by atoms with Crippen molar-refractivity contribution >= 4 is 23.2 Å². The second-order valence-electron chi connectivity index (χ2n) is 6.80. The lowest BCUT2D eigenvalue weighted by atomic mass is 10.1. The molecule has 6 heteroatoms. The molecule has 0 bridgehead atoms. The minimum Gasteiger partial charge on any atom is -0.369 e. The molecule has 0 N–H and O–H groups in total. The molecule has 0 spiro atoms. The number of benzene rings is 1. The van der Waals surface area contributed by atoms with Crippen LogP contribution in [0, 0.1) is 0 Å². The van der Waals surface area contributed by atoms with E-state index < -0.39 is 0 Å². The first-order valence-corrected chi connectivity index (χ1v) is 9.14. The quantitative estimate of drug-likeness (QED) is 0.828. The number of carbonyl (C=O) groups excluding carboxylic acids is 1. The predicted octanol–water partition coefficient (Wildman–Crippen LogP) is 1.62. The Hall–Kier alpha value is -1.30. The molecule has 2 heterocycles. The van der Waals surface area contributed by atoms with E-state index in [0.717, 1.165) is 57.4 Å². The number of likely N-dealkylation sites (N-methyl/N-ethyl adjacent to an activating group) is 1. The average Bonchev–Trinajstić information content (AvgIpc) is 2.62. The summed E-state index contributed by atoms with van der Waals surface area (Å²) in [4.78, 5) is 21.7. The zero-order valence-electron chi connectivity index (χ0n) is 14.6. The first-order valence-electron chi connectivity index (χ1n) is 8.76. The second-order valence-corrected chi connectivity index (χ2v) is 7.24. The van der Waals surface area contributed by atoms with Crippen molar-refractivity contribution in [2.45, 2.75) is 13.0 Å². The third-order valence-electron chi connectivity index (χ3n) is 5.23. The molecule has 2 saturated heterocycles. The molecule has 3 rings (SSSR count). The van der Waals surface area contributed by atoms with Crippen LogP contribution < -0.4 is 4.90 Å². The molecule has 24 heavy (non-hydrogen) atoms. The maximum Gasteiger partial charge on any atom is 0.239 e. The number of halogens is 1. The first-order chi connectivity index (χ1) is 11.5. The van der Waals surface area contributed by atoms with Crippen LogP contribution in [0.1, 0.15) is 6.92 Å². The zero-order valence-corrected chi connectivity index (χ0v) is 15.4. The highest BCUT2D eigenvalue weighted by Crippen LogP contribution is 2.20. The number of amides is 1. The van der Waals surface area contributed by atoms with E-state index in [1.165, 1.54) is 5.69 Å². The molecule has 0 unspecified atom stereocenters. The standard InChI is InChI=1S/C18H27ClN4O/c1-15(18(24)23-9-7-20(2)8-10-23)21-11-13-22(14-12-21)17-5-3-16(19)4-6-17/h3-6,15H,7-14H2,1-2H3/t15-/m1/s1. The molecule has 0 radical (unpaired) electrons. The summed E-state index contributed by atoms with van der Waals surface area (Å²) in [6.07, 6.45) is 0. The number of rotatable bonds is 3. The molecule has 0 aromatic heterocycles. The maximum absolute atomic E-state index is 12.7. The number of piperazine rings is 2. The lowest BCUT2D eigenvalue weighted by molar-refractivity contribution is -0.138. The zero-order chi connectivity index (χ0) is 17.1. The minimum atomic E-state index is -0.0271. The van der Waals surface area contributed by atoms with Crippen LogP contribution in [0.4, 0.5) is 5.69 Å². The van der Waals surface area contributed by atoms with Gasteiger partial charge in [-0.05, 0) is 38.2 Å². The Bertz CT molecular complexity index is 549. The van der Waals surface area contributed by atoms with E-state index in [1.54, 1.807) is 0 Å². The summed E-state index contributed by atoms with van der Waals surface area (Å²) in [5.41, 5.74) is 1.21. The van der Waals surface area contributed by atoms with E-state index in [-0.39, 0.29) is 11.9 Å². The summed E-state index contributed by atoms with van der Waals surface area (Å²) in [5.74, 6) is 0.281. The summed E-state index contributed by atoms with van der Waals surface area (Å²) in [6, 6.07) is 7.97. The minimum absolute atomic E-state index is 0.0271. The van der Waals surface area contributed by atoms with Gasteiger partial charge in [0.05, 0.1) is 6.04 Å². The molecule has 5 nitrogen and oxygen atoms in total. The van der Waals surface area contributed by atoms with Crippen molar-refractivity contribution in [3.63, 3.8) is 0 Å². The molecule has 2 aliphatic rings. The van der Waals surface area contributed by atoms with Crippen LogP contribution in [0.25, 0.3) is 0 Å². The third kappa shape index (κ3) is 4.02. The Kier molecular flexibility index (Phi) is 5.64.